The molecule has 1 aliphatic rings. The first-order chi connectivity index (χ1) is 8.22. The number of carbonyl (C=O) groups excluding carboxylic acids is 2. The van der Waals surface area contributed by atoms with Crippen molar-refractivity contribution in [1.29, 1.82) is 0 Å². The summed E-state index contributed by atoms with van der Waals surface area (Å²) in [6.45, 7) is 8.71. The Hall–Kier alpha value is -1.30. The molecule has 6 heteroatoms. The zero-order valence-electron chi connectivity index (χ0n) is 11.6. The van der Waals surface area contributed by atoms with Gasteiger partial charge >= 0.3 is 6.09 Å². The van der Waals surface area contributed by atoms with Gasteiger partial charge in [0.1, 0.15) is 11.6 Å². The van der Waals surface area contributed by atoms with Crippen molar-refractivity contribution in [3.8, 4) is 0 Å². The summed E-state index contributed by atoms with van der Waals surface area (Å²) in [6, 6.07) is -0.713. The highest BCUT2D eigenvalue weighted by Crippen LogP contribution is 2.06. The zero-order valence-corrected chi connectivity index (χ0v) is 11.6. The third-order valence-electron chi connectivity index (χ3n) is 1.99. The number of alkyl carbamates (subject to hydrolysis) is 1. The summed E-state index contributed by atoms with van der Waals surface area (Å²) >= 11 is 0. The Labute approximate surface area is 108 Å². The van der Waals surface area contributed by atoms with Crippen LogP contribution in [0.4, 0.5) is 4.79 Å². The van der Waals surface area contributed by atoms with Crippen molar-refractivity contribution in [2.45, 2.75) is 52.2 Å². The van der Waals surface area contributed by atoms with Gasteiger partial charge in [0.2, 0.25) is 5.91 Å². The molecule has 3 N–H and O–H groups in total. The molecule has 0 radical (unpaired) electrons. The van der Waals surface area contributed by atoms with E-state index in [0.717, 1.165) is 13.2 Å². The van der Waals surface area contributed by atoms with Crippen LogP contribution in [0.1, 0.15) is 40.5 Å². The number of nitrogens with one attached hydrogen (secondary N) is 1. The van der Waals surface area contributed by atoms with Gasteiger partial charge in [-0.15, -0.1) is 0 Å². The lowest BCUT2D eigenvalue weighted by molar-refractivity contribution is -0.119. The van der Waals surface area contributed by atoms with Crippen molar-refractivity contribution in [1.82, 2.24) is 5.32 Å². The van der Waals surface area contributed by atoms with Crippen LogP contribution in [0.15, 0.2) is 0 Å². The Kier molecular flexibility index (Phi) is 7.35. The lowest BCUT2D eigenvalue weighted by Crippen LogP contribution is -2.44. The highest BCUT2D eigenvalue weighted by Gasteiger charge is 2.19. The molecule has 1 heterocycles. The van der Waals surface area contributed by atoms with E-state index in [4.69, 9.17) is 15.2 Å². The Morgan fingerprint density at radius 1 is 1.28 bits per heavy atom. The smallest absolute Gasteiger partial charge is 0.408 e. The van der Waals surface area contributed by atoms with E-state index in [1.807, 2.05) is 0 Å². The molecule has 0 spiro atoms. The minimum absolute atomic E-state index is 0.568. The predicted octanol–water partition coefficient (Wildman–Crippen LogP) is 1.18. The number of hydrogen-bond acceptors (Lipinski definition) is 4. The molecule has 6 nitrogen and oxygen atoms in total. The van der Waals surface area contributed by atoms with E-state index in [9.17, 15) is 9.59 Å². The Morgan fingerprint density at radius 3 is 2.06 bits per heavy atom. The SMILES string of the molecule is C1CCOC1.C[C@H](NC(=O)OC(C)(C)C)C(N)=O. The molecule has 1 rings (SSSR count). The second-order valence-electron chi connectivity index (χ2n) is 5.09. The van der Waals surface area contributed by atoms with E-state index < -0.39 is 23.6 Å². The normalized spacial score (nSPS) is 16.2. The van der Waals surface area contributed by atoms with Crippen molar-refractivity contribution >= 4 is 12.0 Å². The molecule has 18 heavy (non-hydrogen) atoms. The Morgan fingerprint density at radius 2 is 1.78 bits per heavy atom. The molecule has 1 saturated heterocycles. The molecule has 0 bridgehead atoms. The summed E-state index contributed by atoms with van der Waals surface area (Å²) < 4.78 is 9.85. The molecule has 0 aromatic heterocycles. The van der Waals surface area contributed by atoms with E-state index >= 15 is 0 Å². The molecule has 106 valence electrons. The van der Waals surface area contributed by atoms with Crippen LogP contribution < -0.4 is 11.1 Å². The number of ether oxygens (including phenoxy) is 2. The maximum absolute atomic E-state index is 11.0. The first-order valence-electron chi connectivity index (χ1n) is 6.09. The van der Waals surface area contributed by atoms with Crippen molar-refractivity contribution < 1.29 is 19.1 Å². The van der Waals surface area contributed by atoms with Gasteiger partial charge in [-0.05, 0) is 40.5 Å². The average molecular weight is 260 g/mol. The maximum atomic E-state index is 11.0. The molecule has 0 aromatic carbocycles. The second kappa shape index (κ2) is 7.92. The number of nitrogens with two attached hydrogens (primary N) is 1. The van der Waals surface area contributed by atoms with E-state index in [-0.39, 0.29) is 0 Å². The van der Waals surface area contributed by atoms with Crippen LogP contribution in [0.3, 0.4) is 0 Å². The molecule has 0 aromatic rings. The highest BCUT2D eigenvalue weighted by molar-refractivity contribution is 5.83. The summed E-state index contributed by atoms with van der Waals surface area (Å²) in [5.41, 5.74) is 4.37. The van der Waals surface area contributed by atoms with E-state index in [0.29, 0.717) is 0 Å². The van der Waals surface area contributed by atoms with Gasteiger partial charge in [0, 0.05) is 13.2 Å². The van der Waals surface area contributed by atoms with Gasteiger partial charge in [-0.25, -0.2) is 4.79 Å². The number of carbonyl (C=O) groups is 2. The van der Waals surface area contributed by atoms with Gasteiger partial charge in [-0.3, -0.25) is 4.79 Å². The zero-order chi connectivity index (χ0) is 14.2. The summed E-state index contributed by atoms with van der Waals surface area (Å²) in [6.07, 6.45) is 1.92. The lowest BCUT2D eigenvalue weighted by Gasteiger charge is -2.20. The molecule has 1 fully saturated rings. The molecular formula is C12H24N2O4. The largest absolute Gasteiger partial charge is 0.444 e. The van der Waals surface area contributed by atoms with Crippen LogP contribution in [-0.2, 0) is 14.3 Å². The number of rotatable bonds is 2. The van der Waals surface area contributed by atoms with Crippen molar-refractivity contribution in [3.63, 3.8) is 0 Å². The number of hydrogen-bond donors (Lipinski definition) is 2. The molecule has 0 saturated carbocycles. The fraction of sp³-hybridized carbons (Fsp3) is 0.833. The number of primary amides is 1. The number of amides is 2. The first-order valence-corrected chi connectivity index (χ1v) is 6.09. The summed E-state index contributed by atoms with van der Waals surface area (Å²) in [4.78, 5) is 21.6. The third kappa shape index (κ3) is 9.89. The minimum atomic E-state index is -0.713. The van der Waals surface area contributed by atoms with Crippen molar-refractivity contribution in [2.24, 2.45) is 5.73 Å². The van der Waals surface area contributed by atoms with E-state index in [2.05, 4.69) is 5.32 Å². The van der Waals surface area contributed by atoms with Gasteiger partial charge < -0.3 is 20.5 Å². The van der Waals surface area contributed by atoms with Crippen molar-refractivity contribution in [3.05, 3.63) is 0 Å². The van der Waals surface area contributed by atoms with Crippen LogP contribution in [0, 0.1) is 0 Å². The average Bonchev–Trinajstić information content (AvgIpc) is 2.71. The monoisotopic (exact) mass is 260 g/mol. The van der Waals surface area contributed by atoms with Crippen LogP contribution in [0.25, 0.3) is 0 Å². The van der Waals surface area contributed by atoms with Crippen LogP contribution in [0.5, 0.6) is 0 Å². The maximum Gasteiger partial charge on any atom is 0.408 e. The fourth-order valence-corrected chi connectivity index (χ4v) is 1.07. The van der Waals surface area contributed by atoms with Crippen LogP contribution in [0.2, 0.25) is 0 Å². The van der Waals surface area contributed by atoms with E-state index in [1.54, 1.807) is 20.8 Å². The molecule has 1 aliphatic heterocycles. The topological polar surface area (TPSA) is 90.7 Å². The molecular weight excluding hydrogens is 236 g/mol. The van der Waals surface area contributed by atoms with Gasteiger partial charge in [0.25, 0.3) is 0 Å². The van der Waals surface area contributed by atoms with Gasteiger partial charge in [-0.1, -0.05) is 0 Å². The van der Waals surface area contributed by atoms with E-state index in [1.165, 1.54) is 19.8 Å². The lowest BCUT2D eigenvalue weighted by atomic mass is 10.2. The third-order valence-corrected chi connectivity index (χ3v) is 1.99. The first kappa shape index (κ1) is 16.7. The van der Waals surface area contributed by atoms with Crippen LogP contribution in [-0.4, -0.2) is 36.9 Å². The second-order valence-corrected chi connectivity index (χ2v) is 5.09. The molecule has 0 unspecified atom stereocenters. The van der Waals surface area contributed by atoms with Gasteiger partial charge in [0.05, 0.1) is 0 Å². The van der Waals surface area contributed by atoms with Gasteiger partial charge in [0.15, 0.2) is 0 Å². The van der Waals surface area contributed by atoms with Crippen LogP contribution >= 0.6 is 0 Å². The van der Waals surface area contributed by atoms with Crippen molar-refractivity contribution in [2.75, 3.05) is 13.2 Å². The Balaban J connectivity index is 0.000000473. The van der Waals surface area contributed by atoms with Gasteiger partial charge in [-0.2, -0.15) is 0 Å². The molecule has 1 atom stereocenters. The predicted molar refractivity (Wildman–Crippen MR) is 68.1 cm³/mol. The highest BCUT2D eigenvalue weighted by atomic mass is 16.6. The Bertz CT molecular complexity index is 262. The minimum Gasteiger partial charge on any atom is -0.444 e. The summed E-state index contributed by atoms with van der Waals surface area (Å²) in [5.74, 6) is -0.592. The molecule has 0 aliphatic carbocycles. The standard InChI is InChI=1S/C8H16N2O3.C4H8O/c1-5(6(9)11)10-7(12)13-8(2,3)4;1-2-4-5-3-1/h5H,1-4H3,(H2,9,11)(H,10,12);1-4H2/t5-;/m0./s1. The summed E-state index contributed by atoms with van der Waals surface area (Å²) in [5, 5.41) is 2.30. The quantitative estimate of drug-likeness (QED) is 0.780. The molecule has 2 amide bonds. The fourth-order valence-electron chi connectivity index (χ4n) is 1.07. The summed E-state index contributed by atoms with van der Waals surface area (Å²) in [7, 11) is 0.